The predicted octanol–water partition coefficient (Wildman–Crippen LogP) is 4.97. The zero-order chi connectivity index (χ0) is 23.7. The number of hydrogen-bond acceptors (Lipinski definition) is 8. The molecule has 0 fully saturated rings. The van der Waals surface area contributed by atoms with Crippen LogP contribution in [0.4, 0.5) is 5.13 Å². The van der Waals surface area contributed by atoms with E-state index in [0.29, 0.717) is 39.8 Å². The van der Waals surface area contributed by atoms with Gasteiger partial charge in [-0.1, -0.05) is 49.3 Å². The lowest BCUT2D eigenvalue weighted by Gasteiger charge is -2.23. The van der Waals surface area contributed by atoms with Crippen LogP contribution in [0.15, 0.2) is 57.2 Å². The lowest BCUT2D eigenvalue weighted by atomic mass is 9.98. The highest BCUT2D eigenvalue weighted by atomic mass is 32.1. The maximum absolute atomic E-state index is 13.6. The van der Waals surface area contributed by atoms with Gasteiger partial charge in [-0.3, -0.25) is 14.5 Å². The Morgan fingerprint density at radius 3 is 2.74 bits per heavy atom. The van der Waals surface area contributed by atoms with Crippen LogP contribution in [0, 0.1) is 0 Å². The number of carbonyl (C=O) groups is 1. The Morgan fingerprint density at radius 1 is 1.12 bits per heavy atom. The first-order valence-electron chi connectivity index (χ1n) is 11.1. The van der Waals surface area contributed by atoms with E-state index in [2.05, 4.69) is 17.1 Å². The highest BCUT2D eigenvalue weighted by Crippen LogP contribution is 2.43. The SMILES string of the molecule is CCCCCOc1ccc(C2c3c(oc4ccccc4c3=O)C(=O)N2c2nncs2)cc1OC. The molecule has 174 valence electrons. The molecule has 0 saturated heterocycles. The van der Waals surface area contributed by atoms with Gasteiger partial charge in [-0.15, -0.1) is 10.2 Å². The first-order valence-corrected chi connectivity index (χ1v) is 12.0. The van der Waals surface area contributed by atoms with Crippen LogP contribution < -0.4 is 19.8 Å². The summed E-state index contributed by atoms with van der Waals surface area (Å²) in [6, 6.07) is 11.6. The van der Waals surface area contributed by atoms with Crippen LogP contribution in [0.3, 0.4) is 0 Å². The van der Waals surface area contributed by atoms with Gasteiger partial charge in [0.25, 0.3) is 5.91 Å². The molecule has 5 rings (SSSR count). The summed E-state index contributed by atoms with van der Waals surface area (Å²) in [5, 5.41) is 8.78. The van der Waals surface area contributed by atoms with Gasteiger partial charge in [-0.05, 0) is 36.2 Å². The first kappa shape index (κ1) is 22.1. The Morgan fingerprint density at radius 2 is 1.97 bits per heavy atom. The van der Waals surface area contributed by atoms with Crippen molar-refractivity contribution < 1.29 is 18.7 Å². The Labute approximate surface area is 199 Å². The minimum Gasteiger partial charge on any atom is -0.493 e. The maximum atomic E-state index is 13.6. The van der Waals surface area contributed by atoms with Crippen LogP contribution in [0.1, 0.15) is 53.9 Å². The van der Waals surface area contributed by atoms with E-state index in [1.807, 2.05) is 12.1 Å². The van der Waals surface area contributed by atoms with Crippen molar-refractivity contribution in [1.29, 1.82) is 0 Å². The summed E-state index contributed by atoms with van der Waals surface area (Å²) in [6.07, 6.45) is 3.14. The van der Waals surface area contributed by atoms with Crippen molar-refractivity contribution in [3.63, 3.8) is 0 Å². The van der Waals surface area contributed by atoms with Gasteiger partial charge in [0, 0.05) is 0 Å². The van der Waals surface area contributed by atoms with Crippen LogP contribution in [0.25, 0.3) is 11.0 Å². The summed E-state index contributed by atoms with van der Waals surface area (Å²) in [4.78, 5) is 28.5. The highest BCUT2D eigenvalue weighted by molar-refractivity contribution is 7.13. The molecule has 1 atom stereocenters. The molecule has 2 aromatic carbocycles. The second kappa shape index (κ2) is 9.26. The number of fused-ring (bicyclic) bond motifs is 2. The normalized spacial score (nSPS) is 15.1. The number of ether oxygens (including phenoxy) is 2. The van der Waals surface area contributed by atoms with E-state index < -0.39 is 11.9 Å². The average Bonchev–Trinajstić information content (AvgIpc) is 3.49. The Bertz CT molecular complexity index is 1400. The molecule has 4 aromatic rings. The van der Waals surface area contributed by atoms with Gasteiger partial charge in [-0.25, -0.2) is 0 Å². The second-order valence-corrected chi connectivity index (χ2v) is 8.75. The summed E-state index contributed by atoms with van der Waals surface area (Å²) in [6.45, 7) is 2.72. The lowest BCUT2D eigenvalue weighted by Crippen LogP contribution is -2.29. The Kier molecular flexibility index (Phi) is 6.02. The summed E-state index contributed by atoms with van der Waals surface area (Å²) in [7, 11) is 1.57. The number of unbranched alkanes of at least 4 members (excludes halogenated alkanes) is 2. The van der Waals surface area contributed by atoms with Gasteiger partial charge < -0.3 is 13.9 Å². The number of para-hydroxylation sites is 1. The van der Waals surface area contributed by atoms with Crippen molar-refractivity contribution in [2.45, 2.75) is 32.2 Å². The van der Waals surface area contributed by atoms with Crippen LogP contribution >= 0.6 is 11.3 Å². The molecule has 0 saturated carbocycles. The Balaban J connectivity index is 1.64. The predicted molar refractivity (Wildman–Crippen MR) is 129 cm³/mol. The first-order chi connectivity index (χ1) is 16.6. The molecule has 9 heteroatoms. The molecule has 8 nitrogen and oxygen atoms in total. The van der Waals surface area contributed by atoms with Gasteiger partial charge in [0.1, 0.15) is 11.1 Å². The fourth-order valence-corrected chi connectivity index (χ4v) is 4.80. The summed E-state index contributed by atoms with van der Waals surface area (Å²) < 4.78 is 17.4. The van der Waals surface area contributed by atoms with Crippen molar-refractivity contribution in [3.8, 4) is 11.5 Å². The quantitative estimate of drug-likeness (QED) is 0.331. The third kappa shape index (κ3) is 3.71. The number of methoxy groups -OCH3 is 1. The molecule has 2 aromatic heterocycles. The summed E-state index contributed by atoms with van der Waals surface area (Å²) in [5.41, 5.74) is 2.62. The fourth-order valence-electron chi connectivity index (χ4n) is 4.21. The van der Waals surface area contributed by atoms with E-state index in [1.54, 1.807) is 43.0 Å². The minimum atomic E-state index is -0.737. The molecule has 1 aliphatic heterocycles. The standard InChI is InChI=1S/C25H23N3O5S/c1-3-4-7-12-32-18-11-10-15(13-19(18)31-2)21-20-22(29)16-8-5-6-9-17(16)33-23(20)24(30)28(21)25-27-26-14-34-25/h5-6,8-11,13-14,21H,3-4,7,12H2,1-2H3. The average molecular weight is 478 g/mol. The van der Waals surface area contributed by atoms with E-state index >= 15 is 0 Å². The number of carbonyl (C=O) groups excluding carboxylic acids is 1. The molecule has 1 aliphatic rings. The largest absolute Gasteiger partial charge is 0.493 e. The number of amides is 1. The molecule has 0 spiro atoms. The fraction of sp³-hybridized carbons (Fsp3) is 0.280. The van der Waals surface area contributed by atoms with Crippen LogP contribution in [-0.4, -0.2) is 29.8 Å². The van der Waals surface area contributed by atoms with E-state index in [-0.39, 0.29) is 16.8 Å². The minimum absolute atomic E-state index is 0.0164. The van der Waals surface area contributed by atoms with Crippen molar-refractivity contribution >= 4 is 33.3 Å². The van der Waals surface area contributed by atoms with Crippen LogP contribution in [0.5, 0.6) is 11.5 Å². The molecule has 34 heavy (non-hydrogen) atoms. The van der Waals surface area contributed by atoms with Crippen molar-refractivity contribution in [2.24, 2.45) is 0 Å². The number of hydrogen-bond donors (Lipinski definition) is 0. The van der Waals surface area contributed by atoms with E-state index in [1.165, 1.54) is 16.2 Å². The van der Waals surface area contributed by atoms with E-state index in [0.717, 1.165) is 19.3 Å². The van der Waals surface area contributed by atoms with E-state index in [9.17, 15) is 9.59 Å². The van der Waals surface area contributed by atoms with Crippen molar-refractivity contribution in [2.75, 3.05) is 18.6 Å². The van der Waals surface area contributed by atoms with Crippen LogP contribution in [0.2, 0.25) is 0 Å². The molecule has 0 radical (unpaired) electrons. The molecular formula is C25H23N3O5S. The third-order valence-electron chi connectivity index (χ3n) is 5.84. The third-order valence-corrected chi connectivity index (χ3v) is 6.53. The zero-order valence-corrected chi connectivity index (χ0v) is 19.6. The number of aromatic nitrogens is 2. The maximum Gasteiger partial charge on any atom is 0.297 e. The van der Waals surface area contributed by atoms with Gasteiger partial charge in [0.05, 0.1) is 30.7 Å². The van der Waals surface area contributed by atoms with E-state index in [4.69, 9.17) is 13.9 Å². The summed E-state index contributed by atoms with van der Waals surface area (Å²) in [5.74, 6) is 0.721. The second-order valence-electron chi connectivity index (χ2n) is 7.94. The van der Waals surface area contributed by atoms with Crippen LogP contribution in [-0.2, 0) is 0 Å². The molecule has 3 heterocycles. The molecule has 0 aliphatic carbocycles. The molecule has 1 unspecified atom stereocenters. The monoisotopic (exact) mass is 477 g/mol. The topological polar surface area (TPSA) is 94.8 Å². The zero-order valence-electron chi connectivity index (χ0n) is 18.8. The van der Waals surface area contributed by atoms with Gasteiger partial charge in [-0.2, -0.15) is 0 Å². The summed E-state index contributed by atoms with van der Waals surface area (Å²) >= 11 is 1.22. The molecule has 0 N–H and O–H groups in total. The molecular weight excluding hydrogens is 454 g/mol. The van der Waals surface area contributed by atoms with Gasteiger partial charge in [0.15, 0.2) is 16.9 Å². The number of nitrogens with zero attached hydrogens (tertiary/aromatic N) is 3. The number of benzene rings is 2. The Hall–Kier alpha value is -3.72. The highest BCUT2D eigenvalue weighted by Gasteiger charge is 2.45. The number of rotatable bonds is 8. The van der Waals surface area contributed by atoms with Gasteiger partial charge >= 0.3 is 0 Å². The van der Waals surface area contributed by atoms with Gasteiger partial charge in [0.2, 0.25) is 10.9 Å². The smallest absolute Gasteiger partial charge is 0.297 e. The lowest BCUT2D eigenvalue weighted by molar-refractivity contribution is 0.0970. The van der Waals surface area contributed by atoms with Crippen molar-refractivity contribution in [1.82, 2.24) is 10.2 Å². The van der Waals surface area contributed by atoms with Crippen molar-refractivity contribution in [3.05, 3.63) is 75.1 Å². The molecule has 1 amide bonds. The molecule has 0 bridgehead atoms. The number of anilines is 1.